The van der Waals surface area contributed by atoms with Gasteiger partial charge >= 0.3 is 0 Å². The number of hydrogen-bond acceptors (Lipinski definition) is 4. The van der Waals surface area contributed by atoms with Gasteiger partial charge in [-0.1, -0.05) is 51.1 Å². The highest BCUT2D eigenvalue weighted by Crippen LogP contribution is 2.36. The van der Waals surface area contributed by atoms with E-state index in [-0.39, 0.29) is 5.04 Å². The fourth-order valence-corrected chi connectivity index (χ4v) is 3.29. The molecule has 0 aliphatic rings. The Hall–Kier alpha value is -1.85. The molecule has 0 unspecified atom stereocenters. The van der Waals surface area contributed by atoms with Crippen LogP contribution in [0.1, 0.15) is 32.8 Å². The van der Waals surface area contributed by atoms with E-state index in [0.717, 1.165) is 36.7 Å². The molecule has 1 aromatic heterocycles. The van der Waals surface area contributed by atoms with Gasteiger partial charge in [-0.25, -0.2) is 4.98 Å². The van der Waals surface area contributed by atoms with Gasteiger partial charge in [-0.2, -0.15) is 0 Å². The van der Waals surface area contributed by atoms with Crippen molar-refractivity contribution in [2.45, 2.75) is 51.9 Å². The summed E-state index contributed by atoms with van der Waals surface area (Å²) < 4.78 is 12.1. The molecule has 142 valence electrons. The molecule has 0 fully saturated rings. The third-order valence-corrected chi connectivity index (χ3v) is 9.43. The van der Waals surface area contributed by atoms with Crippen LogP contribution in [0.2, 0.25) is 18.1 Å². The normalized spacial score (nSPS) is 12.0. The zero-order valence-electron chi connectivity index (χ0n) is 16.7. The van der Waals surface area contributed by atoms with E-state index >= 15 is 0 Å². The number of benzene rings is 1. The first-order chi connectivity index (χ1) is 12.3. The number of pyridine rings is 1. The highest BCUT2D eigenvalue weighted by molar-refractivity contribution is 6.74. The van der Waals surface area contributed by atoms with Gasteiger partial charge in [0, 0.05) is 19.3 Å². The smallest absolute Gasteiger partial charge is 0.191 e. The summed E-state index contributed by atoms with van der Waals surface area (Å²) in [5, 5.41) is 3.62. The third-order valence-electron chi connectivity index (χ3n) is 4.89. The Morgan fingerprint density at radius 2 is 1.77 bits per heavy atom. The fourth-order valence-electron chi connectivity index (χ4n) is 2.20. The lowest BCUT2D eigenvalue weighted by molar-refractivity contribution is 0.285. The molecular formula is C21H32N2O2Si. The van der Waals surface area contributed by atoms with Crippen molar-refractivity contribution in [3.8, 4) is 5.75 Å². The van der Waals surface area contributed by atoms with E-state index in [4.69, 9.17) is 9.16 Å². The third kappa shape index (κ3) is 6.14. The first-order valence-electron chi connectivity index (χ1n) is 9.29. The molecule has 0 aliphatic heterocycles. The van der Waals surface area contributed by atoms with Crippen LogP contribution in [0.25, 0.3) is 0 Å². The minimum atomic E-state index is -1.66. The molecule has 1 aromatic carbocycles. The van der Waals surface area contributed by atoms with Crippen LogP contribution in [-0.2, 0) is 11.0 Å². The van der Waals surface area contributed by atoms with E-state index < -0.39 is 8.32 Å². The summed E-state index contributed by atoms with van der Waals surface area (Å²) >= 11 is 0. The molecule has 4 nitrogen and oxygen atoms in total. The highest BCUT2D eigenvalue weighted by atomic mass is 28.4. The van der Waals surface area contributed by atoms with E-state index in [9.17, 15) is 0 Å². The number of anilines is 1. The van der Waals surface area contributed by atoms with E-state index in [2.05, 4.69) is 56.3 Å². The molecule has 1 heterocycles. The van der Waals surface area contributed by atoms with Crippen molar-refractivity contribution in [3.63, 3.8) is 0 Å². The van der Waals surface area contributed by atoms with E-state index in [1.54, 1.807) is 6.20 Å². The molecular weight excluding hydrogens is 340 g/mol. The van der Waals surface area contributed by atoms with Gasteiger partial charge in [-0.3, -0.25) is 0 Å². The number of aromatic nitrogens is 1. The summed E-state index contributed by atoms with van der Waals surface area (Å²) in [6.07, 6.45) is 2.73. The van der Waals surface area contributed by atoms with Crippen LogP contribution >= 0.6 is 0 Å². The second-order valence-corrected chi connectivity index (χ2v) is 12.8. The quantitative estimate of drug-likeness (QED) is 0.467. The van der Waals surface area contributed by atoms with Crippen molar-refractivity contribution < 1.29 is 9.16 Å². The number of nitrogens with zero attached hydrogens (tertiary/aromatic N) is 1. The molecule has 0 saturated carbocycles. The average molecular weight is 373 g/mol. The maximum atomic E-state index is 6.21. The lowest BCUT2D eigenvalue weighted by atomic mass is 10.2. The lowest BCUT2D eigenvalue weighted by Gasteiger charge is -2.36. The molecule has 2 rings (SSSR count). The topological polar surface area (TPSA) is 43.4 Å². The van der Waals surface area contributed by atoms with Crippen LogP contribution in [0.4, 0.5) is 5.82 Å². The van der Waals surface area contributed by atoms with E-state index in [1.807, 2.05) is 30.3 Å². The van der Waals surface area contributed by atoms with Gasteiger partial charge in [0.05, 0.1) is 0 Å². The fraction of sp³-hybridized carbons (Fsp3) is 0.476. The van der Waals surface area contributed by atoms with Crippen LogP contribution in [-0.4, -0.2) is 26.5 Å². The van der Waals surface area contributed by atoms with Gasteiger partial charge < -0.3 is 14.5 Å². The summed E-state index contributed by atoms with van der Waals surface area (Å²) in [7, 11) is -1.66. The molecule has 0 atom stereocenters. The molecule has 0 amide bonds. The molecule has 1 N–H and O–H groups in total. The van der Waals surface area contributed by atoms with Crippen LogP contribution < -0.4 is 10.1 Å². The Morgan fingerprint density at radius 3 is 2.46 bits per heavy atom. The lowest BCUT2D eigenvalue weighted by Crippen LogP contribution is -2.41. The van der Waals surface area contributed by atoms with Gasteiger partial charge in [-0.15, -0.1) is 0 Å². The molecule has 0 saturated heterocycles. The second kappa shape index (κ2) is 9.19. The van der Waals surface area contributed by atoms with Crippen molar-refractivity contribution in [1.82, 2.24) is 4.98 Å². The van der Waals surface area contributed by atoms with Crippen LogP contribution in [0, 0.1) is 0 Å². The highest BCUT2D eigenvalue weighted by Gasteiger charge is 2.36. The summed E-state index contributed by atoms with van der Waals surface area (Å²) in [5.74, 6) is 1.57. The minimum absolute atomic E-state index is 0.250. The Balaban J connectivity index is 1.79. The number of nitrogens with one attached hydrogen (secondary N) is 1. The van der Waals surface area contributed by atoms with Gasteiger partial charge in [-0.05, 0) is 42.2 Å². The van der Waals surface area contributed by atoms with Crippen molar-refractivity contribution in [1.29, 1.82) is 0 Å². The summed E-state index contributed by atoms with van der Waals surface area (Å²) in [6, 6.07) is 14.0. The average Bonchev–Trinajstić information content (AvgIpc) is 2.60. The van der Waals surface area contributed by atoms with Gasteiger partial charge in [0.1, 0.15) is 6.61 Å². The first kappa shape index (κ1) is 20.5. The Labute approximate surface area is 159 Å². The van der Waals surface area contributed by atoms with Crippen LogP contribution in [0.5, 0.6) is 5.75 Å². The molecule has 5 heteroatoms. The van der Waals surface area contributed by atoms with Crippen LogP contribution in [0.3, 0.4) is 0 Å². The minimum Gasteiger partial charge on any atom is -0.485 e. The number of rotatable bonds is 9. The predicted octanol–water partition coefficient (Wildman–Crippen LogP) is 5.48. The van der Waals surface area contributed by atoms with E-state index in [0.29, 0.717) is 6.61 Å². The van der Waals surface area contributed by atoms with Crippen molar-refractivity contribution in [2.24, 2.45) is 0 Å². The zero-order valence-corrected chi connectivity index (χ0v) is 17.7. The maximum absolute atomic E-state index is 6.21. The first-order valence-corrected chi connectivity index (χ1v) is 12.2. The molecule has 26 heavy (non-hydrogen) atoms. The monoisotopic (exact) mass is 372 g/mol. The van der Waals surface area contributed by atoms with Gasteiger partial charge in [0.25, 0.3) is 0 Å². The number of ether oxygens (including phenoxy) is 1. The standard InChI is InChI=1S/C21H32N2O2Si/c1-21(2,3)26(4,5)25-16-10-15-23-20-19(13-9-14-22-20)24-17-18-11-7-6-8-12-18/h6-9,11-14H,10,15-17H2,1-5H3,(H,22,23). The maximum Gasteiger partial charge on any atom is 0.191 e. The Morgan fingerprint density at radius 1 is 1.04 bits per heavy atom. The second-order valence-electron chi connectivity index (χ2n) is 8.01. The van der Waals surface area contributed by atoms with Crippen molar-refractivity contribution in [2.75, 3.05) is 18.5 Å². The molecule has 0 radical (unpaired) electrons. The summed E-state index contributed by atoms with van der Waals surface area (Å²) in [4.78, 5) is 4.41. The molecule has 0 bridgehead atoms. The Kier molecular flexibility index (Phi) is 7.23. The van der Waals surface area contributed by atoms with Gasteiger partial charge in [0.2, 0.25) is 0 Å². The van der Waals surface area contributed by atoms with Crippen molar-refractivity contribution in [3.05, 3.63) is 54.2 Å². The predicted molar refractivity (Wildman–Crippen MR) is 111 cm³/mol. The molecule has 2 aromatic rings. The molecule has 0 spiro atoms. The molecule has 0 aliphatic carbocycles. The van der Waals surface area contributed by atoms with Crippen LogP contribution in [0.15, 0.2) is 48.7 Å². The summed E-state index contributed by atoms with van der Waals surface area (Å²) in [6.45, 7) is 13.5. The van der Waals surface area contributed by atoms with E-state index in [1.165, 1.54) is 0 Å². The zero-order chi connectivity index (χ0) is 19.0. The Bertz CT molecular complexity index is 669. The van der Waals surface area contributed by atoms with Crippen molar-refractivity contribution >= 4 is 14.1 Å². The largest absolute Gasteiger partial charge is 0.485 e. The number of hydrogen-bond donors (Lipinski definition) is 1. The SMILES string of the molecule is CC(C)(C)[Si](C)(C)OCCCNc1ncccc1OCc1ccccc1. The summed E-state index contributed by atoms with van der Waals surface area (Å²) in [5.41, 5.74) is 1.14. The van der Waals surface area contributed by atoms with Gasteiger partial charge in [0.15, 0.2) is 19.9 Å².